The first-order chi connectivity index (χ1) is 7.77. The first-order valence-corrected chi connectivity index (χ1v) is 14.2. The van der Waals surface area contributed by atoms with Crippen LogP contribution in [0.25, 0.3) is 0 Å². The maximum atomic E-state index is 5.85. The summed E-state index contributed by atoms with van der Waals surface area (Å²) in [4.78, 5) is 0. The van der Waals surface area contributed by atoms with Crippen molar-refractivity contribution in [2.24, 2.45) is 0 Å². The highest BCUT2D eigenvalue weighted by Crippen LogP contribution is 2.18. The molecule has 104 valence electrons. The van der Waals surface area contributed by atoms with Gasteiger partial charge in [0.25, 0.3) is 0 Å². The van der Waals surface area contributed by atoms with Crippen molar-refractivity contribution in [2.75, 3.05) is 6.61 Å². The lowest BCUT2D eigenvalue weighted by molar-refractivity contribution is 0.327. The van der Waals surface area contributed by atoms with Gasteiger partial charge in [-0.3, -0.25) is 0 Å². The van der Waals surface area contributed by atoms with Crippen molar-refractivity contribution in [3.8, 4) is 0 Å². The Kier molecular flexibility index (Phi) is 8.68. The lowest BCUT2D eigenvalue weighted by atomic mass is 10.2. The van der Waals surface area contributed by atoms with Gasteiger partial charge in [0.15, 0.2) is 8.32 Å². The van der Waals surface area contributed by atoms with Gasteiger partial charge in [-0.15, -0.1) is 0 Å². The number of rotatable bonds is 10. The standard InChI is InChI=1S/C14H34OSi2/c1-7-15-17(5,6)14-12-10-8-9-11-13-16(2,3)4/h7-14H2,1-6H3. The normalized spacial score (nSPS) is 13.1. The van der Waals surface area contributed by atoms with Gasteiger partial charge in [-0.1, -0.05) is 57.8 Å². The van der Waals surface area contributed by atoms with E-state index in [-0.39, 0.29) is 0 Å². The van der Waals surface area contributed by atoms with Gasteiger partial charge < -0.3 is 4.43 Å². The molecular formula is C14H34OSi2. The third-order valence-corrected chi connectivity index (χ3v) is 7.72. The summed E-state index contributed by atoms with van der Waals surface area (Å²) >= 11 is 0. The molecule has 0 saturated carbocycles. The van der Waals surface area contributed by atoms with E-state index in [1.807, 2.05) is 0 Å². The molecule has 0 aliphatic rings. The Morgan fingerprint density at radius 2 is 1.18 bits per heavy atom. The number of hydrogen-bond acceptors (Lipinski definition) is 1. The molecule has 0 aliphatic heterocycles. The van der Waals surface area contributed by atoms with E-state index >= 15 is 0 Å². The zero-order chi connectivity index (χ0) is 13.4. The van der Waals surface area contributed by atoms with E-state index < -0.39 is 16.4 Å². The highest BCUT2D eigenvalue weighted by atomic mass is 28.4. The van der Waals surface area contributed by atoms with Crippen LogP contribution in [0.1, 0.15) is 39.0 Å². The molecule has 0 heterocycles. The molecule has 0 unspecified atom stereocenters. The summed E-state index contributed by atoms with van der Waals surface area (Å²) in [6.07, 6.45) is 7.13. The molecule has 0 spiro atoms. The summed E-state index contributed by atoms with van der Waals surface area (Å²) in [5.41, 5.74) is 0. The Hall–Kier alpha value is 0.394. The molecule has 0 aromatic heterocycles. The summed E-state index contributed by atoms with van der Waals surface area (Å²) in [7, 11) is -2.07. The van der Waals surface area contributed by atoms with Crippen molar-refractivity contribution in [2.45, 2.75) is 83.9 Å². The van der Waals surface area contributed by atoms with Gasteiger partial charge in [-0.2, -0.15) is 0 Å². The van der Waals surface area contributed by atoms with Crippen LogP contribution in [0, 0.1) is 0 Å². The number of hydrogen-bond donors (Lipinski definition) is 0. The van der Waals surface area contributed by atoms with Crippen LogP contribution in [0.5, 0.6) is 0 Å². The van der Waals surface area contributed by atoms with E-state index in [1.165, 1.54) is 44.2 Å². The predicted molar refractivity (Wildman–Crippen MR) is 85.2 cm³/mol. The molecule has 1 nitrogen and oxygen atoms in total. The van der Waals surface area contributed by atoms with E-state index in [9.17, 15) is 0 Å². The molecular weight excluding hydrogens is 240 g/mol. The molecule has 0 amide bonds. The van der Waals surface area contributed by atoms with E-state index in [1.54, 1.807) is 0 Å². The molecule has 0 bridgehead atoms. The van der Waals surface area contributed by atoms with Gasteiger partial charge in [-0.05, 0) is 26.1 Å². The molecule has 0 saturated heterocycles. The van der Waals surface area contributed by atoms with Crippen LogP contribution in [0.3, 0.4) is 0 Å². The Morgan fingerprint density at radius 1 is 0.706 bits per heavy atom. The monoisotopic (exact) mass is 274 g/mol. The van der Waals surface area contributed by atoms with Crippen molar-refractivity contribution < 1.29 is 4.43 Å². The highest BCUT2D eigenvalue weighted by Gasteiger charge is 2.20. The summed E-state index contributed by atoms with van der Waals surface area (Å²) in [6, 6.07) is 2.85. The zero-order valence-corrected chi connectivity index (χ0v) is 15.1. The van der Waals surface area contributed by atoms with Crippen LogP contribution in [0.15, 0.2) is 0 Å². The Morgan fingerprint density at radius 3 is 1.65 bits per heavy atom. The van der Waals surface area contributed by atoms with Gasteiger partial charge in [0.05, 0.1) is 0 Å². The van der Waals surface area contributed by atoms with Crippen LogP contribution >= 0.6 is 0 Å². The first-order valence-electron chi connectivity index (χ1n) is 7.41. The molecule has 0 radical (unpaired) electrons. The Labute approximate surface area is 111 Å². The molecule has 0 aromatic carbocycles. The lowest BCUT2D eigenvalue weighted by Crippen LogP contribution is -2.29. The lowest BCUT2D eigenvalue weighted by Gasteiger charge is -2.21. The summed E-state index contributed by atoms with van der Waals surface area (Å²) in [5, 5.41) is 0. The summed E-state index contributed by atoms with van der Waals surface area (Å²) in [6.45, 7) is 15.1. The molecule has 0 aromatic rings. The summed E-state index contributed by atoms with van der Waals surface area (Å²) < 4.78 is 5.85. The average Bonchev–Trinajstić information content (AvgIpc) is 2.14. The quantitative estimate of drug-likeness (QED) is 0.377. The molecule has 17 heavy (non-hydrogen) atoms. The van der Waals surface area contributed by atoms with E-state index in [0.717, 1.165) is 6.61 Å². The van der Waals surface area contributed by atoms with Crippen molar-refractivity contribution in [3.63, 3.8) is 0 Å². The van der Waals surface area contributed by atoms with Crippen molar-refractivity contribution in [1.29, 1.82) is 0 Å². The van der Waals surface area contributed by atoms with E-state index in [4.69, 9.17) is 4.43 Å². The SMILES string of the molecule is CCO[Si](C)(C)CCCCCCC[Si](C)(C)C. The fourth-order valence-corrected chi connectivity index (χ4v) is 5.54. The fourth-order valence-electron chi connectivity index (χ4n) is 2.20. The van der Waals surface area contributed by atoms with Gasteiger partial charge in [0.2, 0.25) is 0 Å². The first kappa shape index (κ1) is 17.4. The Bertz CT molecular complexity index is 185. The summed E-state index contributed by atoms with van der Waals surface area (Å²) in [5.74, 6) is 0. The minimum atomic E-state index is -1.29. The number of unbranched alkanes of at least 4 members (excludes halogenated alkanes) is 4. The third kappa shape index (κ3) is 12.6. The smallest absolute Gasteiger partial charge is 0.186 e. The third-order valence-electron chi connectivity index (χ3n) is 3.24. The van der Waals surface area contributed by atoms with Gasteiger partial charge >= 0.3 is 0 Å². The minimum absolute atomic E-state index is 0.779. The minimum Gasteiger partial charge on any atom is -0.418 e. The topological polar surface area (TPSA) is 9.23 Å². The van der Waals surface area contributed by atoms with Gasteiger partial charge in [-0.25, -0.2) is 0 Å². The van der Waals surface area contributed by atoms with Crippen LogP contribution in [-0.2, 0) is 4.43 Å². The van der Waals surface area contributed by atoms with Crippen LogP contribution in [-0.4, -0.2) is 23.0 Å². The second kappa shape index (κ2) is 8.49. The van der Waals surface area contributed by atoms with Gasteiger partial charge in [0.1, 0.15) is 0 Å². The molecule has 0 aliphatic carbocycles. The predicted octanol–water partition coefficient (Wildman–Crippen LogP) is 5.52. The van der Waals surface area contributed by atoms with Crippen molar-refractivity contribution in [1.82, 2.24) is 0 Å². The molecule has 3 heteroatoms. The Balaban J connectivity index is 3.35. The average molecular weight is 275 g/mol. The van der Waals surface area contributed by atoms with Crippen LogP contribution < -0.4 is 0 Å². The maximum absolute atomic E-state index is 5.85. The zero-order valence-electron chi connectivity index (χ0n) is 13.1. The molecule has 0 N–H and O–H groups in total. The second-order valence-electron chi connectivity index (χ2n) is 7.02. The van der Waals surface area contributed by atoms with E-state index in [0.29, 0.717) is 0 Å². The van der Waals surface area contributed by atoms with Crippen molar-refractivity contribution >= 4 is 16.4 Å². The van der Waals surface area contributed by atoms with Crippen LogP contribution in [0.2, 0.25) is 44.8 Å². The molecule has 0 atom stereocenters. The maximum Gasteiger partial charge on any atom is 0.186 e. The largest absolute Gasteiger partial charge is 0.418 e. The van der Waals surface area contributed by atoms with Crippen molar-refractivity contribution in [3.05, 3.63) is 0 Å². The fraction of sp³-hybridized carbons (Fsp3) is 1.00. The molecule has 0 rings (SSSR count). The van der Waals surface area contributed by atoms with Gasteiger partial charge in [0, 0.05) is 14.7 Å². The highest BCUT2D eigenvalue weighted by molar-refractivity contribution is 6.76. The second-order valence-corrected chi connectivity index (χ2v) is 17.0. The van der Waals surface area contributed by atoms with Crippen LogP contribution in [0.4, 0.5) is 0 Å². The van der Waals surface area contributed by atoms with E-state index in [2.05, 4.69) is 39.7 Å². The molecule has 0 fully saturated rings.